The van der Waals surface area contributed by atoms with Gasteiger partial charge in [-0.15, -0.1) is 0 Å². The van der Waals surface area contributed by atoms with E-state index >= 15 is 0 Å². The van der Waals surface area contributed by atoms with Gasteiger partial charge in [-0.05, 0) is 13.8 Å². The Morgan fingerprint density at radius 2 is 1.93 bits per heavy atom. The second-order valence-electron chi connectivity index (χ2n) is 3.36. The van der Waals surface area contributed by atoms with Crippen molar-refractivity contribution in [1.29, 1.82) is 0 Å². The maximum absolute atomic E-state index is 11.6. The molecule has 0 rings (SSSR count). The van der Waals surface area contributed by atoms with Crippen molar-refractivity contribution in [2.24, 2.45) is 0 Å². The summed E-state index contributed by atoms with van der Waals surface area (Å²) in [6, 6.07) is 0. The molecule has 0 aromatic rings. The standard InChI is InChI=1S/C7H12F3NO3/c1-6(2,3-12)11-5(13)14-4-7(8,9)10/h12H,3-4H2,1-2H3,(H,11,13). The van der Waals surface area contributed by atoms with Gasteiger partial charge in [0.15, 0.2) is 6.61 Å². The van der Waals surface area contributed by atoms with E-state index in [0.29, 0.717) is 0 Å². The van der Waals surface area contributed by atoms with Gasteiger partial charge in [0.1, 0.15) is 0 Å². The van der Waals surface area contributed by atoms with Crippen LogP contribution in [0.1, 0.15) is 13.8 Å². The van der Waals surface area contributed by atoms with E-state index in [1.807, 2.05) is 0 Å². The highest BCUT2D eigenvalue weighted by atomic mass is 19.4. The van der Waals surface area contributed by atoms with Crippen LogP contribution in [0.25, 0.3) is 0 Å². The largest absolute Gasteiger partial charge is 0.440 e. The highest BCUT2D eigenvalue weighted by Crippen LogP contribution is 2.14. The lowest BCUT2D eigenvalue weighted by atomic mass is 10.1. The molecule has 0 radical (unpaired) electrons. The molecule has 2 N–H and O–H groups in total. The van der Waals surface area contributed by atoms with Gasteiger partial charge < -0.3 is 15.2 Å². The summed E-state index contributed by atoms with van der Waals surface area (Å²) in [7, 11) is 0. The fourth-order valence-corrected chi connectivity index (χ4v) is 0.499. The first-order valence-corrected chi connectivity index (χ1v) is 3.79. The van der Waals surface area contributed by atoms with Gasteiger partial charge in [-0.3, -0.25) is 0 Å². The number of halogens is 3. The van der Waals surface area contributed by atoms with E-state index in [9.17, 15) is 18.0 Å². The predicted molar refractivity (Wildman–Crippen MR) is 41.7 cm³/mol. The lowest BCUT2D eigenvalue weighted by molar-refractivity contribution is -0.160. The molecule has 84 valence electrons. The Hall–Kier alpha value is -0.980. The molecule has 14 heavy (non-hydrogen) atoms. The minimum atomic E-state index is -4.54. The Balaban J connectivity index is 3.89. The van der Waals surface area contributed by atoms with E-state index in [1.165, 1.54) is 13.8 Å². The van der Waals surface area contributed by atoms with Crippen LogP contribution in [0.15, 0.2) is 0 Å². The summed E-state index contributed by atoms with van der Waals surface area (Å²) in [6.45, 7) is 0.859. The Labute approximate surface area is 79.0 Å². The molecule has 0 saturated heterocycles. The minimum Gasteiger partial charge on any atom is -0.440 e. The number of carbonyl (C=O) groups is 1. The van der Waals surface area contributed by atoms with Crippen molar-refractivity contribution >= 4 is 6.09 Å². The van der Waals surface area contributed by atoms with Crippen LogP contribution in [0.2, 0.25) is 0 Å². The number of amides is 1. The molecule has 0 bridgehead atoms. The fourth-order valence-electron chi connectivity index (χ4n) is 0.499. The number of rotatable bonds is 3. The molecule has 0 aromatic heterocycles. The summed E-state index contributed by atoms with van der Waals surface area (Å²) in [5.74, 6) is 0. The maximum atomic E-state index is 11.6. The van der Waals surface area contributed by atoms with E-state index in [1.54, 1.807) is 0 Å². The second kappa shape index (κ2) is 4.50. The summed E-state index contributed by atoms with van der Waals surface area (Å²) in [5, 5.41) is 10.7. The molecule has 0 spiro atoms. The van der Waals surface area contributed by atoms with Crippen LogP contribution in [0.3, 0.4) is 0 Å². The van der Waals surface area contributed by atoms with Crippen molar-refractivity contribution in [3.63, 3.8) is 0 Å². The first-order chi connectivity index (χ1) is 6.16. The van der Waals surface area contributed by atoms with Crippen LogP contribution < -0.4 is 5.32 Å². The summed E-state index contributed by atoms with van der Waals surface area (Å²) >= 11 is 0. The van der Waals surface area contributed by atoms with E-state index in [4.69, 9.17) is 5.11 Å². The van der Waals surface area contributed by atoms with Gasteiger partial charge in [0.2, 0.25) is 0 Å². The zero-order chi connectivity index (χ0) is 11.4. The van der Waals surface area contributed by atoms with E-state index in [2.05, 4.69) is 10.1 Å². The zero-order valence-electron chi connectivity index (χ0n) is 7.81. The van der Waals surface area contributed by atoms with Crippen molar-refractivity contribution in [2.45, 2.75) is 25.6 Å². The quantitative estimate of drug-likeness (QED) is 0.739. The molecular formula is C7H12F3NO3. The second-order valence-corrected chi connectivity index (χ2v) is 3.36. The molecule has 0 aromatic carbocycles. The molecule has 0 fully saturated rings. The predicted octanol–water partition coefficient (Wildman–Crippen LogP) is 1.05. The number of carbonyl (C=O) groups excluding carboxylic acids is 1. The fraction of sp³-hybridized carbons (Fsp3) is 0.857. The van der Waals surface area contributed by atoms with E-state index < -0.39 is 31.0 Å². The van der Waals surface area contributed by atoms with E-state index in [0.717, 1.165) is 0 Å². The zero-order valence-corrected chi connectivity index (χ0v) is 7.81. The van der Waals surface area contributed by atoms with Crippen LogP contribution in [-0.4, -0.2) is 36.1 Å². The van der Waals surface area contributed by atoms with Crippen LogP contribution in [0, 0.1) is 0 Å². The Morgan fingerprint density at radius 1 is 1.43 bits per heavy atom. The number of aliphatic hydroxyl groups is 1. The van der Waals surface area contributed by atoms with Crippen molar-refractivity contribution < 1.29 is 27.8 Å². The number of alkyl carbamates (subject to hydrolysis) is 1. The molecule has 0 heterocycles. The van der Waals surface area contributed by atoms with Crippen molar-refractivity contribution in [1.82, 2.24) is 5.32 Å². The number of hydrogen-bond donors (Lipinski definition) is 2. The SMILES string of the molecule is CC(C)(CO)NC(=O)OCC(F)(F)F. The lowest BCUT2D eigenvalue weighted by Crippen LogP contribution is -2.47. The third-order valence-electron chi connectivity index (χ3n) is 1.20. The summed E-state index contributed by atoms with van der Waals surface area (Å²) in [6.07, 6.45) is -5.75. The average Bonchev–Trinajstić information content (AvgIpc) is 1.99. The number of hydrogen-bond acceptors (Lipinski definition) is 3. The van der Waals surface area contributed by atoms with Crippen LogP contribution in [-0.2, 0) is 4.74 Å². The smallest absolute Gasteiger partial charge is 0.422 e. The van der Waals surface area contributed by atoms with Gasteiger partial charge in [0.25, 0.3) is 0 Å². The van der Waals surface area contributed by atoms with Gasteiger partial charge in [-0.2, -0.15) is 13.2 Å². The third kappa shape index (κ3) is 6.53. The summed E-state index contributed by atoms with van der Waals surface area (Å²) < 4.78 is 38.6. The van der Waals surface area contributed by atoms with E-state index in [-0.39, 0.29) is 0 Å². The van der Waals surface area contributed by atoms with Gasteiger partial charge in [-0.1, -0.05) is 0 Å². The van der Waals surface area contributed by atoms with Gasteiger partial charge >= 0.3 is 12.3 Å². The van der Waals surface area contributed by atoms with Crippen LogP contribution in [0.5, 0.6) is 0 Å². The van der Waals surface area contributed by atoms with Crippen LogP contribution >= 0.6 is 0 Å². The topological polar surface area (TPSA) is 58.6 Å². The molecule has 0 aliphatic heterocycles. The Kier molecular flexibility index (Phi) is 4.18. The summed E-state index contributed by atoms with van der Waals surface area (Å²) in [5.41, 5.74) is -0.997. The van der Waals surface area contributed by atoms with Crippen LogP contribution in [0.4, 0.5) is 18.0 Å². The maximum Gasteiger partial charge on any atom is 0.422 e. The van der Waals surface area contributed by atoms with Gasteiger partial charge in [0, 0.05) is 0 Å². The van der Waals surface area contributed by atoms with Gasteiger partial charge in [-0.25, -0.2) is 4.79 Å². The number of ether oxygens (including phenoxy) is 1. The monoisotopic (exact) mass is 215 g/mol. The first kappa shape index (κ1) is 13.0. The number of alkyl halides is 3. The Bertz CT molecular complexity index is 203. The third-order valence-corrected chi connectivity index (χ3v) is 1.20. The first-order valence-electron chi connectivity index (χ1n) is 3.79. The molecular weight excluding hydrogens is 203 g/mol. The molecule has 4 nitrogen and oxygen atoms in total. The van der Waals surface area contributed by atoms with Crippen molar-refractivity contribution in [3.8, 4) is 0 Å². The highest BCUT2D eigenvalue weighted by Gasteiger charge is 2.30. The molecule has 1 amide bonds. The molecule has 7 heteroatoms. The lowest BCUT2D eigenvalue weighted by Gasteiger charge is -2.22. The molecule has 0 aliphatic carbocycles. The van der Waals surface area contributed by atoms with Gasteiger partial charge in [0.05, 0.1) is 12.1 Å². The average molecular weight is 215 g/mol. The summed E-state index contributed by atoms with van der Waals surface area (Å²) in [4.78, 5) is 10.7. The normalized spacial score (nSPS) is 12.4. The molecule has 0 unspecified atom stereocenters. The highest BCUT2D eigenvalue weighted by molar-refractivity contribution is 5.68. The van der Waals surface area contributed by atoms with Crippen molar-refractivity contribution in [3.05, 3.63) is 0 Å². The Morgan fingerprint density at radius 3 is 2.29 bits per heavy atom. The minimum absolute atomic E-state index is 0.395. The number of aliphatic hydroxyl groups excluding tert-OH is 1. The van der Waals surface area contributed by atoms with Crippen molar-refractivity contribution in [2.75, 3.05) is 13.2 Å². The number of nitrogens with one attached hydrogen (secondary N) is 1. The molecule has 0 aliphatic rings. The molecule has 0 saturated carbocycles. The molecule has 0 atom stereocenters.